The highest BCUT2D eigenvalue weighted by atomic mass is 35.5. The lowest BCUT2D eigenvalue weighted by atomic mass is 9.78. The summed E-state index contributed by atoms with van der Waals surface area (Å²) in [6.45, 7) is 6.75. The van der Waals surface area contributed by atoms with Crippen LogP contribution < -0.4 is 5.32 Å². The lowest BCUT2D eigenvalue weighted by molar-refractivity contribution is -0.136. The van der Waals surface area contributed by atoms with E-state index in [9.17, 15) is 4.79 Å². The van der Waals surface area contributed by atoms with E-state index in [0.29, 0.717) is 0 Å². The average molecular weight is 425 g/mol. The second-order valence-electron chi connectivity index (χ2n) is 8.88. The number of likely N-dealkylation sites (tertiary alicyclic amines) is 1. The van der Waals surface area contributed by atoms with Crippen LogP contribution in [-0.2, 0) is 4.79 Å². The van der Waals surface area contributed by atoms with Crippen molar-refractivity contribution in [2.24, 2.45) is 17.8 Å². The van der Waals surface area contributed by atoms with Crippen LogP contribution in [0.1, 0.15) is 52.4 Å². The van der Waals surface area contributed by atoms with Crippen LogP contribution in [-0.4, -0.2) is 41.9 Å². The SMILES string of the molecule is CC(C)[C@@H](NCC1=CC=CC(Cl)C1)C(=O)N1CCC(C2CC=C(Cl)CC2)CC1. The van der Waals surface area contributed by atoms with Gasteiger partial charge in [0, 0.05) is 24.7 Å². The van der Waals surface area contributed by atoms with Crippen molar-refractivity contribution >= 4 is 29.1 Å². The van der Waals surface area contributed by atoms with Gasteiger partial charge in [-0.1, -0.05) is 55.3 Å². The third kappa shape index (κ3) is 5.87. The number of hydrogen-bond donors (Lipinski definition) is 1. The van der Waals surface area contributed by atoms with Crippen molar-refractivity contribution in [1.82, 2.24) is 10.2 Å². The second-order valence-corrected chi connectivity index (χ2v) is 9.93. The Morgan fingerprint density at radius 2 is 2.00 bits per heavy atom. The number of nitrogens with zero attached hydrogens (tertiary/aromatic N) is 1. The van der Waals surface area contributed by atoms with Crippen LogP contribution in [0.5, 0.6) is 0 Å². The molecule has 0 saturated carbocycles. The van der Waals surface area contributed by atoms with Gasteiger partial charge in [0.15, 0.2) is 0 Å². The Balaban J connectivity index is 1.50. The van der Waals surface area contributed by atoms with Gasteiger partial charge in [-0.25, -0.2) is 0 Å². The average Bonchev–Trinajstić information content (AvgIpc) is 2.68. The van der Waals surface area contributed by atoms with Crippen molar-refractivity contribution in [1.29, 1.82) is 0 Å². The van der Waals surface area contributed by atoms with Crippen molar-refractivity contribution in [3.05, 3.63) is 34.9 Å². The quantitative estimate of drug-likeness (QED) is 0.589. The molecule has 3 aliphatic rings. The standard InChI is InChI=1S/C23H34Cl2N2O/c1-16(2)22(26-15-17-4-3-5-21(25)14-17)23(28)27-12-10-19(11-13-27)18-6-8-20(24)9-7-18/h3-5,8,16,18-19,21-22,26H,6-7,9-15H2,1-2H3/t18?,21?,22-/m1/s1. The normalized spacial score (nSPS) is 27.5. The smallest absolute Gasteiger partial charge is 0.239 e. The molecular weight excluding hydrogens is 391 g/mol. The largest absolute Gasteiger partial charge is 0.341 e. The van der Waals surface area contributed by atoms with Crippen molar-refractivity contribution in [2.75, 3.05) is 19.6 Å². The van der Waals surface area contributed by atoms with Crippen LogP contribution in [0, 0.1) is 17.8 Å². The van der Waals surface area contributed by atoms with Gasteiger partial charge in [-0.05, 0) is 56.3 Å². The lowest BCUT2D eigenvalue weighted by Crippen LogP contribution is -2.52. The van der Waals surface area contributed by atoms with Gasteiger partial charge in [0.2, 0.25) is 5.91 Å². The van der Waals surface area contributed by atoms with Gasteiger partial charge >= 0.3 is 0 Å². The minimum absolute atomic E-state index is 0.0681. The molecule has 0 bridgehead atoms. The van der Waals surface area contributed by atoms with Crippen molar-refractivity contribution in [3.8, 4) is 0 Å². The van der Waals surface area contributed by atoms with Crippen LogP contribution in [0.25, 0.3) is 0 Å². The molecule has 2 aliphatic carbocycles. The van der Waals surface area contributed by atoms with Gasteiger partial charge in [-0.15, -0.1) is 11.6 Å². The highest BCUT2D eigenvalue weighted by Crippen LogP contribution is 2.36. The molecule has 0 radical (unpaired) electrons. The molecule has 1 aliphatic heterocycles. The minimum atomic E-state index is -0.131. The van der Waals surface area contributed by atoms with Gasteiger partial charge in [0.1, 0.15) is 0 Å². The molecule has 28 heavy (non-hydrogen) atoms. The monoisotopic (exact) mass is 424 g/mol. The molecule has 0 aromatic carbocycles. The summed E-state index contributed by atoms with van der Waals surface area (Å²) in [6.07, 6.45) is 14.8. The van der Waals surface area contributed by atoms with Gasteiger partial charge in [0.25, 0.3) is 0 Å². The molecule has 1 saturated heterocycles. The first-order valence-electron chi connectivity index (χ1n) is 10.8. The number of piperidine rings is 1. The number of nitrogens with one attached hydrogen (secondary N) is 1. The Bertz CT molecular complexity index is 633. The van der Waals surface area contributed by atoms with Crippen LogP contribution in [0.15, 0.2) is 34.9 Å². The summed E-state index contributed by atoms with van der Waals surface area (Å²) in [4.78, 5) is 15.3. The summed E-state index contributed by atoms with van der Waals surface area (Å²) in [5, 5.41) is 4.61. The molecule has 5 heteroatoms. The molecule has 3 rings (SSSR count). The van der Waals surface area contributed by atoms with E-state index in [2.05, 4.69) is 36.2 Å². The predicted octanol–water partition coefficient (Wildman–Crippen LogP) is 5.26. The van der Waals surface area contributed by atoms with Crippen LogP contribution >= 0.6 is 23.2 Å². The van der Waals surface area contributed by atoms with Gasteiger partial charge in [-0.2, -0.15) is 0 Å². The van der Waals surface area contributed by atoms with Crippen molar-refractivity contribution < 1.29 is 4.79 Å². The fourth-order valence-corrected chi connectivity index (χ4v) is 5.20. The van der Waals surface area contributed by atoms with E-state index in [4.69, 9.17) is 23.2 Å². The number of carbonyl (C=O) groups is 1. The highest BCUT2D eigenvalue weighted by molar-refractivity contribution is 6.29. The summed E-state index contributed by atoms with van der Waals surface area (Å²) in [5.41, 5.74) is 1.27. The number of carbonyl (C=O) groups excluding carboxylic acids is 1. The first-order valence-corrected chi connectivity index (χ1v) is 11.6. The topological polar surface area (TPSA) is 32.3 Å². The number of allylic oxidation sites excluding steroid dienone is 5. The van der Waals surface area contributed by atoms with E-state index in [1.165, 1.54) is 12.0 Å². The number of hydrogen-bond acceptors (Lipinski definition) is 2. The van der Waals surface area contributed by atoms with Crippen LogP contribution in [0.3, 0.4) is 0 Å². The maximum atomic E-state index is 13.2. The molecule has 0 aromatic heterocycles. The Morgan fingerprint density at radius 3 is 2.61 bits per heavy atom. The Labute approximate surface area is 180 Å². The first-order chi connectivity index (χ1) is 13.4. The highest BCUT2D eigenvalue weighted by Gasteiger charge is 2.32. The molecule has 2 unspecified atom stereocenters. The minimum Gasteiger partial charge on any atom is -0.341 e. The molecule has 156 valence electrons. The van der Waals surface area contributed by atoms with Gasteiger partial charge in [-0.3, -0.25) is 4.79 Å². The third-order valence-corrected chi connectivity index (χ3v) is 7.15. The van der Waals surface area contributed by atoms with Gasteiger partial charge in [0.05, 0.1) is 11.4 Å². The zero-order valence-electron chi connectivity index (χ0n) is 17.2. The van der Waals surface area contributed by atoms with E-state index in [1.807, 2.05) is 12.2 Å². The number of alkyl halides is 1. The molecule has 0 aromatic rings. The number of rotatable bonds is 6. The zero-order chi connectivity index (χ0) is 20.1. The maximum Gasteiger partial charge on any atom is 0.239 e. The molecule has 1 amide bonds. The fraction of sp³-hybridized carbons (Fsp3) is 0.696. The van der Waals surface area contributed by atoms with Gasteiger partial charge < -0.3 is 10.2 Å². The lowest BCUT2D eigenvalue weighted by Gasteiger charge is -2.39. The number of amides is 1. The van der Waals surface area contributed by atoms with E-state index in [-0.39, 0.29) is 23.2 Å². The Hall–Kier alpha value is -0.770. The van der Waals surface area contributed by atoms with Crippen molar-refractivity contribution in [3.63, 3.8) is 0 Å². The summed E-state index contributed by atoms with van der Waals surface area (Å²) in [5.74, 6) is 2.00. The summed E-state index contributed by atoms with van der Waals surface area (Å²) < 4.78 is 0. The second kappa shape index (κ2) is 10.3. The molecule has 3 nitrogen and oxygen atoms in total. The first kappa shape index (κ1) is 21.9. The van der Waals surface area contributed by atoms with E-state index < -0.39 is 0 Å². The summed E-state index contributed by atoms with van der Waals surface area (Å²) in [6, 6.07) is -0.131. The zero-order valence-corrected chi connectivity index (χ0v) is 18.7. The Kier molecular flexibility index (Phi) is 8.08. The summed E-state index contributed by atoms with van der Waals surface area (Å²) >= 11 is 12.3. The van der Waals surface area contributed by atoms with E-state index in [1.54, 1.807) is 0 Å². The molecular formula is C23H34Cl2N2O. The molecule has 1 N–H and O–H groups in total. The third-order valence-electron chi connectivity index (χ3n) is 6.50. The predicted molar refractivity (Wildman–Crippen MR) is 119 cm³/mol. The molecule has 0 spiro atoms. The van der Waals surface area contributed by atoms with Crippen LogP contribution in [0.2, 0.25) is 0 Å². The van der Waals surface area contributed by atoms with Crippen molar-refractivity contribution in [2.45, 2.75) is 63.8 Å². The fourth-order valence-electron chi connectivity index (χ4n) is 4.72. The summed E-state index contributed by atoms with van der Waals surface area (Å²) in [7, 11) is 0. The van der Waals surface area contributed by atoms with E-state index in [0.717, 1.165) is 68.6 Å². The maximum absolute atomic E-state index is 13.2. The molecule has 1 heterocycles. The number of halogens is 2. The van der Waals surface area contributed by atoms with Crippen LogP contribution in [0.4, 0.5) is 0 Å². The van der Waals surface area contributed by atoms with E-state index >= 15 is 0 Å². The molecule has 1 fully saturated rings. The molecule has 3 atom stereocenters. The Morgan fingerprint density at radius 1 is 1.25 bits per heavy atom.